The van der Waals surface area contributed by atoms with Crippen molar-refractivity contribution in [1.29, 1.82) is 0 Å². The lowest BCUT2D eigenvalue weighted by Crippen LogP contribution is -2.41. The van der Waals surface area contributed by atoms with Crippen LogP contribution in [0.15, 0.2) is 0 Å². The zero-order chi connectivity index (χ0) is 14.7. The van der Waals surface area contributed by atoms with Crippen LogP contribution in [0, 0.1) is 5.41 Å². The monoisotopic (exact) mass is 281 g/mol. The van der Waals surface area contributed by atoms with E-state index in [1.54, 1.807) is 0 Å². The van der Waals surface area contributed by atoms with Gasteiger partial charge in [-0.25, -0.2) is 0 Å². The van der Waals surface area contributed by atoms with Crippen molar-refractivity contribution in [3.05, 3.63) is 0 Å². The summed E-state index contributed by atoms with van der Waals surface area (Å²) in [5, 5.41) is 3.38. The van der Waals surface area contributed by atoms with E-state index in [1.165, 1.54) is 44.9 Å². The van der Waals surface area contributed by atoms with E-state index in [0.717, 1.165) is 45.2 Å². The summed E-state index contributed by atoms with van der Waals surface area (Å²) in [7, 11) is 0. The standard InChI is InChI=1S/C18H35NO/c1-3-5-6-7-8-9-10-11-12-17(20)18(4-2)13-15-19-16-14-18/h19H,3-16H2,1-2H3. The first-order chi connectivity index (χ1) is 9.75. The van der Waals surface area contributed by atoms with Gasteiger partial charge in [0.05, 0.1) is 0 Å². The highest BCUT2D eigenvalue weighted by Crippen LogP contribution is 2.35. The van der Waals surface area contributed by atoms with Gasteiger partial charge in [0.25, 0.3) is 0 Å². The van der Waals surface area contributed by atoms with Crippen LogP contribution in [0.25, 0.3) is 0 Å². The summed E-state index contributed by atoms with van der Waals surface area (Å²) >= 11 is 0. The first kappa shape index (κ1) is 17.7. The molecule has 0 atom stereocenters. The second kappa shape index (κ2) is 10.4. The second-order valence-corrected chi connectivity index (χ2v) is 6.53. The minimum atomic E-state index is 0.0202. The van der Waals surface area contributed by atoms with Crippen molar-refractivity contribution >= 4 is 5.78 Å². The minimum Gasteiger partial charge on any atom is -0.317 e. The highest BCUT2D eigenvalue weighted by Gasteiger charge is 2.36. The SMILES string of the molecule is CCCCCCCCCCC(=O)C1(CC)CCNCC1. The van der Waals surface area contributed by atoms with Gasteiger partial charge in [-0.2, -0.15) is 0 Å². The van der Waals surface area contributed by atoms with Crippen LogP contribution < -0.4 is 5.32 Å². The maximum atomic E-state index is 12.5. The van der Waals surface area contributed by atoms with Gasteiger partial charge in [0.1, 0.15) is 5.78 Å². The number of ketones is 1. The van der Waals surface area contributed by atoms with Crippen molar-refractivity contribution in [2.75, 3.05) is 13.1 Å². The molecule has 2 nitrogen and oxygen atoms in total. The van der Waals surface area contributed by atoms with Gasteiger partial charge < -0.3 is 5.32 Å². The molecule has 0 aliphatic carbocycles. The number of piperidine rings is 1. The fraction of sp³-hybridized carbons (Fsp3) is 0.944. The van der Waals surface area contributed by atoms with E-state index in [9.17, 15) is 4.79 Å². The normalized spacial score (nSPS) is 18.1. The van der Waals surface area contributed by atoms with E-state index < -0.39 is 0 Å². The highest BCUT2D eigenvalue weighted by atomic mass is 16.1. The minimum absolute atomic E-state index is 0.0202. The number of rotatable bonds is 11. The molecule has 0 bridgehead atoms. The van der Waals surface area contributed by atoms with Gasteiger partial charge in [0.15, 0.2) is 0 Å². The van der Waals surface area contributed by atoms with Crippen LogP contribution in [0.4, 0.5) is 0 Å². The molecule has 1 rings (SSSR count). The summed E-state index contributed by atoms with van der Waals surface area (Å²) < 4.78 is 0. The molecule has 0 radical (unpaired) electrons. The Morgan fingerprint density at radius 2 is 1.45 bits per heavy atom. The largest absolute Gasteiger partial charge is 0.317 e. The van der Waals surface area contributed by atoms with E-state index in [0.29, 0.717) is 5.78 Å². The molecule has 0 aromatic heterocycles. The summed E-state index contributed by atoms with van der Waals surface area (Å²) in [6, 6.07) is 0. The van der Waals surface area contributed by atoms with E-state index in [2.05, 4.69) is 19.2 Å². The van der Waals surface area contributed by atoms with Crippen LogP contribution in [-0.4, -0.2) is 18.9 Å². The molecule has 20 heavy (non-hydrogen) atoms. The third-order valence-electron chi connectivity index (χ3n) is 5.09. The van der Waals surface area contributed by atoms with Gasteiger partial charge in [-0.3, -0.25) is 4.79 Å². The molecule has 118 valence electrons. The van der Waals surface area contributed by atoms with E-state index in [4.69, 9.17) is 0 Å². The number of hydrogen-bond acceptors (Lipinski definition) is 2. The van der Waals surface area contributed by atoms with Crippen molar-refractivity contribution in [2.45, 2.75) is 90.9 Å². The Morgan fingerprint density at radius 1 is 0.900 bits per heavy atom. The lowest BCUT2D eigenvalue weighted by Gasteiger charge is -2.35. The number of carbonyl (C=O) groups is 1. The number of unbranched alkanes of at least 4 members (excludes halogenated alkanes) is 7. The molecule has 1 N–H and O–H groups in total. The average Bonchev–Trinajstić information content (AvgIpc) is 2.50. The number of nitrogens with one attached hydrogen (secondary N) is 1. The first-order valence-electron chi connectivity index (χ1n) is 8.99. The molecule has 1 fully saturated rings. The zero-order valence-corrected chi connectivity index (χ0v) is 13.8. The first-order valence-corrected chi connectivity index (χ1v) is 8.99. The van der Waals surface area contributed by atoms with Gasteiger partial charge in [0, 0.05) is 11.8 Å². The van der Waals surface area contributed by atoms with Gasteiger partial charge in [-0.1, -0.05) is 58.8 Å². The van der Waals surface area contributed by atoms with Crippen molar-refractivity contribution in [1.82, 2.24) is 5.32 Å². The van der Waals surface area contributed by atoms with Crippen molar-refractivity contribution < 1.29 is 4.79 Å². The molecule has 0 saturated carbocycles. The number of hydrogen-bond donors (Lipinski definition) is 1. The Labute approximate surface area is 126 Å². The summed E-state index contributed by atoms with van der Waals surface area (Å²) in [5.74, 6) is 0.549. The van der Waals surface area contributed by atoms with E-state index >= 15 is 0 Å². The highest BCUT2D eigenvalue weighted by molar-refractivity contribution is 5.84. The van der Waals surface area contributed by atoms with Crippen LogP contribution in [0.2, 0.25) is 0 Å². The van der Waals surface area contributed by atoms with Crippen LogP contribution in [0.3, 0.4) is 0 Å². The van der Waals surface area contributed by atoms with E-state index in [-0.39, 0.29) is 5.41 Å². The maximum absolute atomic E-state index is 12.5. The summed E-state index contributed by atoms with van der Waals surface area (Å²) in [6.45, 7) is 6.50. The third-order valence-corrected chi connectivity index (χ3v) is 5.09. The Balaban J connectivity index is 2.09. The van der Waals surface area contributed by atoms with Crippen LogP contribution in [-0.2, 0) is 4.79 Å². The second-order valence-electron chi connectivity index (χ2n) is 6.53. The third kappa shape index (κ3) is 5.95. The number of Topliss-reactive ketones (excluding diaryl/α,β-unsaturated/α-hetero) is 1. The predicted molar refractivity (Wildman–Crippen MR) is 87.1 cm³/mol. The Kier molecular flexibility index (Phi) is 9.17. The van der Waals surface area contributed by atoms with Gasteiger partial charge >= 0.3 is 0 Å². The molecule has 1 saturated heterocycles. The molecule has 1 aliphatic heterocycles. The van der Waals surface area contributed by atoms with Crippen LogP contribution >= 0.6 is 0 Å². The quantitative estimate of drug-likeness (QED) is 0.548. The lowest BCUT2D eigenvalue weighted by molar-refractivity contribution is -0.130. The molecule has 0 aromatic rings. The lowest BCUT2D eigenvalue weighted by atomic mass is 9.72. The van der Waals surface area contributed by atoms with Gasteiger partial charge in [-0.05, 0) is 38.8 Å². The van der Waals surface area contributed by atoms with Gasteiger partial charge in [0.2, 0.25) is 0 Å². The summed E-state index contributed by atoms with van der Waals surface area (Å²) in [4.78, 5) is 12.5. The molecule has 1 heterocycles. The summed E-state index contributed by atoms with van der Waals surface area (Å²) in [5.41, 5.74) is 0.0202. The molecule has 0 spiro atoms. The molecule has 0 aromatic carbocycles. The van der Waals surface area contributed by atoms with Gasteiger partial charge in [-0.15, -0.1) is 0 Å². The Bertz CT molecular complexity index is 256. The molecule has 0 amide bonds. The number of carbonyl (C=O) groups excluding carboxylic acids is 1. The molecule has 2 heteroatoms. The van der Waals surface area contributed by atoms with Crippen molar-refractivity contribution in [2.24, 2.45) is 5.41 Å². The van der Waals surface area contributed by atoms with Crippen LogP contribution in [0.1, 0.15) is 90.9 Å². The fourth-order valence-corrected chi connectivity index (χ4v) is 3.42. The average molecular weight is 281 g/mol. The summed E-state index contributed by atoms with van der Waals surface area (Å²) in [6.07, 6.45) is 14.5. The Hall–Kier alpha value is -0.370. The maximum Gasteiger partial charge on any atom is 0.139 e. The fourth-order valence-electron chi connectivity index (χ4n) is 3.42. The Morgan fingerprint density at radius 3 is 2.00 bits per heavy atom. The predicted octanol–water partition coefficient (Wildman–Crippen LogP) is 4.87. The van der Waals surface area contributed by atoms with Crippen molar-refractivity contribution in [3.8, 4) is 0 Å². The molecule has 0 unspecified atom stereocenters. The van der Waals surface area contributed by atoms with Crippen molar-refractivity contribution in [3.63, 3.8) is 0 Å². The molecular formula is C18H35NO. The molecular weight excluding hydrogens is 246 g/mol. The zero-order valence-electron chi connectivity index (χ0n) is 13.8. The van der Waals surface area contributed by atoms with E-state index in [1.807, 2.05) is 0 Å². The van der Waals surface area contributed by atoms with Crippen LogP contribution in [0.5, 0.6) is 0 Å². The smallest absolute Gasteiger partial charge is 0.139 e. The topological polar surface area (TPSA) is 29.1 Å². The molecule has 1 aliphatic rings.